The van der Waals surface area contributed by atoms with Crippen LogP contribution in [0.3, 0.4) is 0 Å². The third-order valence-corrected chi connectivity index (χ3v) is 2.98. The molecule has 1 heterocycles. The van der Waals surface area contributed by atoms with E-state index in [1.54, 1.807) is 6.92 Å². The molecule has 80 valence electrons. The fraction of sp³-hybridized carbons (Fsp3) is 0.800. The van der Waals surface area contributed by atoms with Crippen LogP contribution in [0.5, 0.6) is 0 Å². The number of sulfonamides is 1. The molecule has 8 nitrogen and oxygen atoms in total. The average molecular weight is 220 g/mol. The summed E-state index contributed by atoms with van der Waals surface area (Å²) < 4.78 is 24.9. The van der Waals surface area contributed by atoms with Crippen LogP contribution < -0.4 is 10.5 Å². The molecular weight excluding hydrogens is 208 g/mol. The van der Waals surface area contributed by atoms with Gasteiger partial charge >= 0.3 is 0 Å². The Kier molecular flexibility index (Phi) is 3.49. The lowest BCUT2D eigenvalue weighted by Crippen LogP contribution is -2.32. The van der Waals surface area contributed by atoms with E-state index in [4.69, 9.17) is 5.73 Å². The minimum Gasteiger partial charge on any atom is -0.329 e. The third kappa shape index (κ3) is 3.01. The Bertz CT molecular complexity index is 360. The van der Waals surface area contributed by atoms with Crippen LogP contribution in [0.25, 0.3) is 0 Å². The first-order chi connectivity index (χ1) is 6.55. The Morgan fingerprint density at radius 2 is 2.36 bits per heavy atom. The molecule has 0 aliphatic rings. The molecule has 0 aliphatic heterocycles. The van der Waals surface area contributed by atoms with Crippen molar-refractivity contribution in [3.8, 4) is 0 Å². The standard InChI is InChI=1S/C5H12N6O2S/c1-4(5-7-10-11-8-5)9-14(12,13)3-2-6/h4,9H,2-3,6H2,1H3,(H,7,8,10,11). The van der Waals surface area contributed by atoms with Crippen LogP contribution in [0.4, 0.5) is 0 Å². The van der Waals surface area contributed by atoms with E-state index in [-0.39, 0.29) is 12.3 Å². The summed E-state index contributed by atoms with van der Waals surface area (Å²) in [5.41, 5.74) is 5.14. The van der Waals surface area contributed by atoms with E-state index < -0.39 is 16.1 Å². The molecule has 0 amide bonds. The first-order valence-corrected chi connectivity index (χ1v) is 5.64. The van der Waals surface area contributed by atoms with Crippen LogP contribution in [-0.4, -0.2) is 41.3 Å². The number of tetrazole rings is 1. The fourth-order valence-corrected chi connectivity index (χ4v) is 1.96. The molecule has 9 heteroatoms. The van der Waals surface area contributed by atoms with Crippen LogP contribution >= 0.6 is 0 Å². The molecule has 1 atom stereocenters. The number of rotatable bonds is 5. The van der Waals surface area contributed by atoms with E-state index in [0.29, 0.717) is 5.82 Å². The summed E-state index contributed by atoms with van der Waals surface area (Å²) in [7, 11) is -3.35. The summed E-state index contributed by atoms with van der Waals surface area (Å²) in [5.74, 6) is 0.181. The number of aromatic nitrogens is 4. The highest BCUT2D eigenvalue weighted by Crippen LogP contribution is 2.04. The van der Waals surface area contributed by atoms with E-state index in [1.807, 2.05) is 0 Å². The third-order valence-electron chi connectivity index (χ3n) is 1.49. The van der Waals surface area contributed by atoms with Gasteiger partial charge in [0.15, 0.2) is 5.82 Å². The number of hydrogen-bond donors (Lipinski definition) is 3. The van der Waals surface area contributed by atoms with Crippen LogP contribution in [0.1, 0.15) is 18.8 Å². The number of nitrogens with two attached hydrogens (primary N) is 1. The molecule has 0 bridgehead atoms. The van der Waals surface area contributed by atoms with Crippen LogP contribution in [0, 0.1) is 0 Å². The maximum atomic E-state index is 11.3. The van der Waals surface area contributed by atoms with Crippen molar-refractivity contribution in [2.45, 2.75) is 13.0 Å². The highest BCUT2D eigenvalue weighted by Gasteiger charge is 2.17. The normalized spacial score (nSPS) is 14.1. The van der Waals surface area contributed by atoms with Crippen molar-refractivity contribution in [1.82, 2.24) is 25.3 Å². The Morgan fingerprint density at radius 3 is 2.86 bits per heavy atom. The molecule has 1 rings (SSSR count). The molecular formula is C5H12N6O2S. The highest BCUT2D eigenvalue weighted by atomic mass is 32.2. The zero-order chi connectivity index (χ0) is 10.6. The van der Waals surface area contributed by atoms with Crippen molar-refractivity contribution in [3.05, 3.63) is 5.82 Å². The maximum absolute atomic E-state index is 11.3. The van der Waals surface area contributed by atoms with Crippen molar-refractivity contribution in [2.24, 2.45) is 5.73 Å². The number of nitrogens with zero attached hydrogens (tertiary/aromatic N) is 3. The van der Waals surface area contributed by atoms with Gasteiger partial charge in [-0.3, -0.25) is 0 Å². The number of H-pyrrole nitrogens is 1. The first kappa shape index (κ1) is 11.0. The van der Waals surface area contributed by atoms with Gasteiger partial charge in [-0.05, 0) is 6.92 Å². The topological polar surface area (TPSA) is 127 Å². The fourth-order valence-electron chi connectivity index (χ4n) is 0.889. The lowest BCUT2D eigenvalue weighted by Gasteiger charge is -2.09. The predicted molar refractivity (Wildman–Crippen MR) is 48.6 cm³/mol. The SMILES string of the molecule is CC(NS(=O)(=O)CCN)c1nn[nH]n1. The first-order valence-electron chi connectivity index (χ1n) is 3.98. The Hall–Kier alpha value is -1.06. The lowest BCUT2D eigenvalue weighted by molar-refractivity contribution is 0.560. The van der Waals surface area contributed by atoms with E-state index in [0.717, 1.165) is 0 Å². The molecule has 0 aromatic carbocycles. The van der Waals surface area contributed by atoms with Gasteiger partial charge < -0.3 is 5.73 Å². The lowest BCUT2D eigenvalue weighted by atomic mass is 10.4. The molecule has 0 saturated carbocycles. The molecule has 1 aromatic rings. The molecule has 0 radical (unpaired) electrons. The van der Waals surface area contributed by atoms with E-state index in [1.165, 1.54) is 0 Å². The summed E-state index contributed by atoms with van der Waals surface area (Å²) in [6.45, 7) is 1.70. The smallest absolute Gasteiger partial charge is 0.213 e. The second-order valence-corrected chi connectivity index (χ2v) is 4.59. The monoisotopic (exact) mass is 220 g/mol. The Morgan fingerprint density at radius 1 is 1.64 bits per heavy atom. The molecule has 0 aliphatic carbocycles. The molecule has 14 heavy (non-hydrogen) atoms. The van der Waals surface area contributed by atoms with E-state index >= 15 is 0 Å². The van der Waals surface area contributed by atoms with Gasteiger partial charge in [0.2, 0.25) is 10.0 Å². The van der Waals surface area contributed by atoms with Gasteiger partial charge in [-0.2, -0.15) is 5.21 Å². The molecule has 0 spiro atoms. The van der Waals surface area contributed by atoms with Crippen LogP contribution in [0.15, 0.2) is 0 Å². The van der Waals surface area contributed by atoms with Gasteiger partial charge in [0, 0.05) is 6.54 Å². The second kappa shape index (κ2) is 4.44. The minimum absolute atomic E-state index is 0.0777. The Balaban J connectivity index is 2.61. The average Bonchev–Trinajstić information content (AvgIpc) is 2.53. The molecule has 1 aromatic heterocycles. The molecule has 0 fully saturated rings. The Labute approximate surface area is 81.3 Å². The zero-order valence-corrected chi connectivity index (χ0v) is 8.45. The molecule has 4 N–H and O–H groups in total. The second-order valence-electron chi connectivity index (χ2n) is 2.72. The summed E-state index contributed by atoms with van der Waals surface area (Å²) in [6, 6.07) is -0.509. The van der Waals surface area contributed by atoms with Crippen molar-refractivity contribution in [1.29, 1.82) is 0 Å². The van der Waals surface area contributed by atoms with Gasteiger partial charge in [0.1, 0.15) is 0 Å². The number of aromatic amines is 1. The summed E-state index contributed by atoms with van der Waals surface area (Å²) >= 11 is 0. The quantitative estimate of drug-likeness (QED) is 0.534. The maximum Gasteiger partial charge on any atom is 0.213 e. The summed E-state index contributed by atoms with van der Waals surface area (Å²) in [4.78, 5) is 0. The number of nitrogens with one attached hydrogen (secondary N) is 2. The van der Waals surface area contributed by atoms with Gasteiger partial charge in [-0.1, -0.05) is 5.21 Å². The minimum atomic E-state index is -3.35. The van der Waals surface area contributed by atoms with Gasteiger partial charge in [0.05, 0.1) is 11.8 Å². The van der Waals surface area contributed by atoms with Crippen molar-refractivity contribution in [3.63, 3.8) is 0 Å². The highest BCUT2D eigenvalue weighted by molar-refractivity contribution is 7.89. The van der Waals surface area contributed by atoms with Crippen LogP contribution in [-0.2, 0) is 10.0 Å². The van der Waals surface area contributed by atoms with Gasteiger partial charge in [-0.15, -0.1) is 10.2 Å². The zero-order valence-electron chi connectivity index (χ0n) is 7.64. The van der Waals surface area contributed by atoms with E-state index in [2.05, 4.69) is 25.3 Å². The summed E-state index contributed by atoms with van der Waals surface area (Å²) in [5, 5.41) is 12.9. The van der Waals surface area contributed by atoms with Gasteiger partial charge in [-0.25, -0.2) is 13.1 Å². The van der Waals surface area contributed by atoms with Crippen molar-refractivity contribution < 1.29 is 8.42 Å². The molecule has 0 saturated heterocycles. The molecule has 1 unspecified atom stereocenters. The van der Waals surface area contributed by atoms with E-state index in [9.17, 15) is 8.42 Å². The van der Waals surface area contributed by atoms with Crippen molar-refractivity contribution in [2.75, 3.05) is 12.3 Å². The summed E-state index contributed by atoms with van der Waals surface area (Å²) in [6.07, 6.45) is 0. The van der Waals surface area contributed by atoms with Crippen molar-refractivity contribution >= 4 is 10.0 Å². The largest absolute Gasteiger partial charge is 0.329 e. The number of hydrogen-bond acceptors (Lipinski definition) is 6. The predicted octanol–water partition coefficient (Wildman–Crippen LogP) is -1.86. The van der Waals surface area contributed by atoms with Gasteiger partial charge in [0.25, 0.3) is 0 Å². The van der Waals surface area contributed by atoms with Crippen LogP contribution in [0.2, 0.25) is 0 Å².